The zero-order chi connectivity index (χ0) is 43.8. The number of Topliss-reactive ketones (excluding diaryl/α,β-unsaturated/α-hetero) is 2. The number of carbonyl (C=O) groups excluding carboxylic acids is 2. The highest BCUT2D eigenvalue weighted by atomic mass is 16.7. The molecule has 10 heteroatoms. The van der Waals surface area contributed by atoms with Crippen molar-refractivity contribution in [3.05, 3.63) is 57.6 Å². The van der Waals surface area contributed by atoms with E-state index in [1.807, 2.05) is 55.4 Å². The average molecular weight is 829 g/mol. The molecular weight excluding hydrogens is 761 g/mol. The molecule has 60 heavy (non-hydrogen) atoms. The van der Waals surface area contributed by atoms with Crippen LogP contribution in [0.4, 0.5) is 0 Å². The van der Waals surface area contributed by atoms with E-state index in [-0.39, 0.29) is 48.1 Å². The van der Waals surface area contributed by atoms with E-state index < -0.39 is 68.9 Å². The molecular formula is C50H68O10. The van der Waals surface area contributed by atoms with E-state index >= 15 is 9.59 Å². The summed E-state index contributed by atoms with van der Waals surface area (Å²) in [6, 6.07) is 8.43. The van der Waals surface area contributed by atoms with E-state index in [1.54, 1.807) is 0 Å². The molecule has 4 aliphatic heterocycles. The number of ketones is 2. The molecule has 9 rings (SSSR count). The number of hydrogen-bond acceptors (Lipinski definition) is 10. The fourth-order valence-corrected chi connectivity index (χ4v) is 11.4. The maximum absolute atomic E-state index is 15.6. The van der Waals surface area contributed by atoms with Crippen molar-refractivity contribution in [1.82, 2.24) is 0 Å². The van der Waals surface area contributed by atoms with Crippen LogP contribution in [-0.2, 0) is 65.0 Å². The maximum Gasteiger partial charge on any atom is 0.202 e. The number of hydrogen-bond donors (Lipinski definition) is 2. The van der Waals surface area contributed by atoms with Gasteiger partial charge in [0.25, 0.3) is 0 Å². The third-order valence-corrected chi connectivity index (χ3v) is 15.2. The smallest absolute Gasteiger partial charge is 0.202 e. The summed E-state index contributed by atoms with van der Waals surface area (Å²) in [4.78, 5) is 31.2. The first-order chi connectivity index (χ1) is 27.6. The summed E-state index contributed by atoms with van der Waals surface area (Å²) >= 11 is 0. The lowest BCUT2D eigenvalue weighted by Crippen LogP contribution is -2.64. The molecule has 2 aromatic rings. The van der Waals surface area contributed by atoms with E-state index in [0.29, 0.717) is 24.7 Å². The minimum absolute atomic E-state index is 0.140. The minimum atomic E-state index is -1.50. The molecule has 4 spiro atoms. The molecule has 328 valence electrons. The summed E-state index contributed by atoms with van der Waals surface area (Å²) in [5.74, 6) is 0.823. The van der Waals surface area contributed by atoms with Crippen LogP contribution in [0.25, 0.3) is 0 Å². The molecule has 6 fully saturated rings. The standard InChI is InChI=1S/C50H68O10/c1-15-17-55-33-27-19-31(41(3,4)5)20-28(33)24-46-36(52)48(40(60-48)50(54,38(46)58-46)44(12,13)14)26-30-22-32(42(6,7)8)21-29(34(30)56-18-16-2)25-47-35(51)45(23-27)37(57-45)49(53,39(47)59-47)43(9,10)11/h19-22,37-40,53-54H,15-18,23-26H2,1-14H3/t37-,38-,39+,40+,45-,46-,47+,48+,49?,50?. The predicted molar refractivity (Wildman–Crippen MR) is 226 cm³/mol. The zero-order valence-electron chi connectivity index (χ0n) is 38.4. The summed E-state index contributed by atoms with van der Waals surface area (Å²) in [5, 5.41) is 26.1. The van der Waals surface area contributed by atoms with E-state index in [4.69, 9.17) is 28.4 Å². The highest BCUT2D eigenvalue weighted by molar-refractivity contribution is 6.04. The van der Waals surface area contributed by atoms with Crippen LogP contribution in [-0.4, -0.2) is 93.0 Å². The Balaban J connectivity index is 1.33. The summed E-state index contributed by atoms with van der Waals surface area (Å²) in [5.41, 5.74) is -5.65. The molecule has 2 N–H and O–H groups in total. The number of epoxide rings is 4. The van der Waals surface area contributed by atoms with Gasteiger partial charge in [-0.15, -0.1) is 0 Å². The lowest BCUT2D eigenvalue weighted by Gasteiger charge is -2.42. The number of rotatable bonds is 6. The Morgan fingerprint density at radius 3 is 0.967 bits per heavy atom. The van der Waals surface area contributed by atoms with Gasteiger partial charge in [-0.1, -0.05) is 121 Å². The first kappa shape index (κ1) is 42.4. The van der Waals surface area contributed by atoms with Gasteiger partial charge in [0, 0.05) is 25.7 Å². The second-order valence-electron chi connectivity index (χ2n) is 23.5. The molecule has 3 aliphatic carbocycles. The maximum atomic E-state index is 15.6. The summed E-state index contributed by atoms with van der Waals surface area (Å²) < 4.78 is 40.2. The Bertz CT molecular complexity index is 1920. The van der Waals surface area contributed by atoms with E-state index in [2.05, 4.69) is 65.8 Å². The third-order valence-electron chi connectivity index (χ3n) is 15.2. The SMILES string of the molecule is CCCOc1c2cc(C(C)(C)C)cc1C[C@@]13O[C@@H]1C(O)(C(C)(C)C)[C@@H]1O[C@]1(Cc1cc(C(C)(C)C)cc(c1OCCC)C[C@]14O[C@H]1C(O)(C(C)(C)C)[C@H]1O[C@@]1(C2)C4=O)C3=O. The van der Waals surface area contributed by atoms with Crippen LogP contribution in [0.2, 0.25) is 0 Å². The van der Waals surface area contributed by atoms with Crippen molar-refractivity contribution >= 4 is 11.6 Å². The van der Waals surface area contributed by atoms with Gasteiger partial charge in [0.2, 0.25) is 11.6 Å². The Labute approximate surface area is 356 Å². The van der Waals surface area contributed by atoms with Crippen molar-refractivity contribution in [1.29, 1.82) is 0 Å². The molecule has 7 aliphatic rings. The van der Waals surface area contributed by atoms with Crippen LogP contribution in [0.5, 0.6) is 11.5 Å². The quantitative estimate of drug-likeness (QED) is 0.292. The highest BCUT2D eigenvalue weighted by Gasteiger charge is 2.92. The van der Waals surface area contributed by atoms with Crippen LogP contribution < -0.4 is 9.47 Å². The monoisotopic (exact) mass is 828 g/mol. The van der Waals surface area contributed by atoms with Gasteiger partial charge in [0.1, 0.15) is 47.1 Å². The Kier molecular flexibility index (Phi) is 8.80. The normalized spacial score (nSPS) is 38.9. The number of carbonyl (C=O) groups is 2. The Morgan fingerprint density at radius 2 is 0.767 bits per heavy atom. The summed E-state index contributed by atoms with van der Waals surface area (Å²) in [7, 11) is 0. The Morgan fingerprint density at radius 1 is 0.517 bits per heavy atom. The van der Waals surface area contributed by atoms with Crippen LogP contribution in [0.3, 0.4) is 0 Å². The topological polar surface area (TPSA) is 143 Å². The van der Waals surface area contributed by atoms with Crippen molar-refractivity contribution in [2.24, 2.45) is 10.8 Å². The molecule has 0 radical (unpaired) electrons. The van der Waals surface area contributed by atoms with Gasteiger partial charge in [0.05, 0.1) is 13.2 Å². The largest absolute Gasteiger partial charge is 0.493 e. The van der Waals surface area contributed by atoms with Crippen molar-refractivity contribution < 1.29 is 48.2 Å². The van der Waals surface area contributed by atoms with Crippen molar-refractivity contribution in [3.8, 4) is 11.5 Å². The van der Waals surface area contributed by atoms with Gasteiger partial charge in [-0.05, 0) is 67.9 Å². The molecule has 4 heterocycles. The second-order valence-corrected chi connectivity index (χ2v) is 23.5. The lowest BCUT2D eigenvalue weighted by molar-refractivity contribution is -0.132. The summed E-state index contributed by atoms with van der Waals surface area (Å²) in [6.45, 7) is 29.6. The van der Waals surface area contributed by atoms with E-state index in [1.165, 1.54) is 0 Å². The fourth-order valence-electron chi connectivity index (χ4n) is 11.4. The molecule has 2 aromatic carbocycles. The molecule has 2 unspecified atom stereocenters. The van der Waals surface area contributed by atoms with Crippen molar-refractivity contribution in [3.63, 3.8) is 0 Å². The van der Waals surface area contributed by atoms with Gasteiger partial charge in [-0.2, -0.15) is 0 Å². The van der Waals surface area contributed by atoms with Gasteiger partial charge in [-0.3, -0.25) is 9.59 Å². The molecule has 0 aromatic heterocycles. The van der Waals surface area contributed by atoms with E-state index in [9.17, 15) is 10.2 Å². The first-order valence-corrected chi connectivity index (χ1v) is 22.5. The predicted octanol–water partition coefficient (Wildman–Crippen LogP) is 7.01. The van der Waals surface area contributed by atoms with Gasteiger partial charge in [-0.25, -0.2) is 0 Å². The van der Waals surface area contributed by atoms with E-state index in [0.717, 1.165) is 46.2 Å². The molecule has 0 amide bonds. The van der Waals surface area contributed by atoms with Crippen LogP contribution >= 0.6 is 0 Å². The third kappa shape index (κ3) is 5.52. The number of fused-ring (bicyclic) bond motifs is 4. The van der Waals surface area contributed by atoms with Crippen LogP contribution in [0.15, 0.2) is 24.3 Å². The summed E-state index contributed by atoms with van der Waals surface area (Å²) in [6.07, 6.45) is -1.24. The number of ether oxygens (including phenoxy) is 6. The number of benzene rings is 2. The fraction of sp³-hybridized carbons (Fsp3) is 0.720. The average Bonchev–Trinajstić information content (AvgIpc) is 3.97. The highest BCUT2D eigenvalue weighted by Crippen LogP contribution is 2.70. The van der Waals surface area contributed by atoms with Crippen molar-refractivity contribution in [2.45, 2.75) is 204 Å². The molecule has 10 nitrogen and oxygen atoms in total. The first-order valence-electron chi connectivity index (χ1n) is 22.5. The van der Waals surface area contributed by atoms with Gasteiger partial charge >= 0.3 is 0 Å². The minimum Gasteiger partial charge on any atom is -0.493 e. The van der Waals surface area contributed by atoms with Crippen LogP contribution in [0, 0.1) is 10.8 Å². The molecule has 10 atom stereocenters. The van der Waals surface area contributed by atoms with Crippen LogP contribution in [0.1, 0.15) is 143 Å². The van der Waals surface area contributed by atoms with Crippen molar-refractivity contribution in [2.75, 3.05) is 13.2 Å². The van der Waals surface area contributed by atoms with Gasteiger partial charge in [0.15, 0.2) is 22.4 Å². The zero-order valence-corrected chi connectivity index (χ0v) is 38.4. The Hall–Kier alpha value is -2.86. The molecule has 8 bridgehead atoms. The molecule has 4 saturated heterocycles. The number of aliphatic hydroxyl groups is 2. The molecule has 2 saturated carbocycles. The second kappa shape index (κ2) is 12.4. The van der Waals surface area contributed by atoms with Gasteiger partial charge < -0.3 is 38.6 Å². The lowest BCUT2D eigenvalue weighted by atomic mass is 9.59.